The molecule has 1 aromatic rings. The number of benzene rings is 1. The molecular formula is C18H31Cl2N3O. The monoisotopic (exact) mass is 375 g/mol. The molecule has 0 radical (unpaired) electrons. The number of carbonyl (C=O) groups excluding carboxylic acids is 1. The molecule has 4 nitrogen and oxygen atoms in total. The minimum absolute atomic E-state index is 0. The van der Waals surface area contributed by atoms with Gasteiger partial charge in [-0.15, -0.1) is 24.8 Å². The fourth-order valence-electron chi connectivity index (χ4n) is 3.23. The van der Waals surface area contributed by atoms with Crippen molar-refractivity contribution in [3.8, 4) is 0 Å². The Hall–Kier alpha value is -0.810. The second-order valence-corrected chi connectivity index (χ2v) is 6.42. The zero-order valence-corrected chi connectivity index (χ0v) is 16.3. The molecule has 2 unspecified atom stereocenters. The van der Waals surface area contributed by atoms with E-state index in [9.17, 15) is 4.79 Å². The summed E-state index contributed by atoms with van der Waals surface area (Å²) in [4.78, 5) is 14.9. The Morgan fingerprint density at radius 2 is 1.96 bits per heavy atom. The van der Waals surface area contributed by atoms with Gasteiger partial charge in [0, 0.05) is 19.1 Å². The molecule has 0 aliphatic carbocycles. The van der Waals surface area contributed by atoms with Crippen LogP contribution in [0.25, 0.3) is 0 Å². The van der Waals surface area contributed by atoms with Gasteiger partial charge in [0.05, 0.1) is 0 Å². The first-order chi connectivity index (χ1) is 10.6. The Kier molecular flexibility index (Phi) is 10.6. The fraction of sp³-hybridized carbons (Fsp3) is 0.611. The molecule has 0 aromatic heterocycles. The second-order valence-electron chi connectivity index (χ2n) is 6.42. The number of hydrogen-bond donors (Lipinski definition) is 2. The van der Waals surface area contributed by atoms with Crippen LogP contribution in [0.1, 0.15) is 45.1 Å². The Labute approximate surface area is 158 Å². The summed E-state index contributed by atoms with van der Waals surface area (Å²) < 4.78 is 0. The zero-order valence-electron chi connectivity index (χ0n) is 14.7. The van der Waals surface area contributed by atoms with E-state index < -0.39 is 5.54 Å². The molecule has 1 aliphatic rings. The maximum absolute atomic E-state index is 12.4. The summed E-state index contributed by atoms with van der Waals surface area (Å²) in [6.45, 7) is 6.73. The van der Waals surface area contributed by atoms with E-state index in [4.69, 9.17) is 5.73 Å². The molecule has 6 heteroatoms. The lowest BCUT2D eigenvalue weighted by atomic mass is 9.92. The lowest BCUT2D eigenvalue weighted by Gasteiger charge is -2.35. The molecular weight excluding hydrogens is 345 g/mol. The van der Waals surface area contributed by atoms with Crippen LogP contribution in [0.3, 0.4) is 0 Å². The van der Waals surface area contributed by atoms with Crippen LogP contribution in [0, 0.1) is 0 Å². The van der Waals surface area contributed by atoms with Crippen molar-refractivity contribution in [2.75, 3.05) is 19.6 Å². The highest BCUT2D eigenvalue weighted by molar-refractivity contribution is 5.87. The van der Waals surface area contributed by atoms with Gasteiger partial charge in [0.25, 0.3) is 0 Å². The predicted molar refractivity (Wildman–Crippen MR) is 105 cm³/mol. The van der Waals surface area contributed by atoms with Gasteiger partial charge in [-0.05, 0) is 38.3 Å². The molecule has 3 N–H and O–H groups in total. The van der Waals surface area contributed by atoms with E-state index in [2.05, 4.69) is 17.1 Å². The molecule has 1 saturated heterocycles. The summed E-state index contributed by atoms with van der Waals surface area (Å²) in [5.74, 6) is -0.108. The molecule has 0 bridgehead atoms. The average Bonchev–Trinajstić information content (AvgIpc) is 2.56. The summed E-state index contributed by atoms with van der Waals surface area (Å²) in [5.41, 5.74) is 6.09. The molecule has 24 heavy (non-hydrogen) atoms. The van der Waals surface area contributed by atoms with E-state index in [0.717, 1.165) is 18.7 Å². The topological polar surface area (TPSA) is 58.4 Å². The van der Waals surface area contributed by atoms with Gasteiger partial charge in [-0.3, -0.25) is 9.69 Å². The van der Waals surface area contributed by atoms with Gasteiger partial charge >= 0.3 is 0 Å². The van der Waals surface area contributed by atoms with Crippen molar-refractivity contribution in [1.29, 1.82) is 0 Å². The smallest absolute Gasteiger partial charge is 0.244 e. The summed E-state index contributed by atoms with van der Waals surface area (Å²) in [5, 5.41) is 3.01. The van der Waals surface area contributed by atoms with Gasteiger partial charge < -0.3 is 11.1 Å². The number of nitrogens with one attached hydrogen (secondary N) is 1. The maximum atomic E-state index is 12.4. The molecule has 138 valence electrons. The Morgan fingerprint density at radius 1 is 1.29 bits per heavy atom. The van der Waals surface area contributed by atoms with E-state index in [1.165, 1.54) is 25.7 Å². The number of halogens is 2. The van der Waals surface area contributed by atoms with Crippen molar-refractivity contribution in [1.82, 2.24) is 10.2 Å². The van der Waals surface area contributed by atoms with Crippen molar-refractivity contribution in [3.05, 3.63) is 35.9 Å². The first-order valence-electron chi connectivity index (χ1n) is 8.42. The second kappa shape index (κ2) is 10.9. The highest BCUT2D eigenvalue weighted by atomic mass is 35.5. The quantitative estimate of drug-likeness (QED) is 0.802. The standard InChI is InChI=1S/C18H29N3O.2ClH/c1-3-16-11-7-8-13-21(16)14-12-20-17(22)18(2,19)15-9-5-4-6-10-15;;/h4-6,9-10,16H,3,7-8,11-14,19H2,1-2H3,(H,20,22);2*1H. The predicted octanol–water partition coefficient (Wildman–Crippen LogP) is 3.08. The van der Waals surface area contributed by atoms with Crippen LogP contribution in [0.2, 0.25) is 0 Å². The summed E-state index contributed by atoms with van der Waals surface area (Å²) >= 11 is 0. The van der Waals surface area contributed by atoms with Crippen LogP contribution in [0.4, 0.5) is 0 Å². The van der Waals surface area contributed by atoms with Crippen LogP contribution in [0.5, 0.6) is 0 Å². The zero-order chi connectivity index (χ0) is 16.0. The molecule has 1 heterocycles. The van der Waals surface area contributed by atoms with Crippen molar-refractivity contribution in [2.45, 2.75) is 51.1 Å². The molecule has 2 rings (SSSR count). The van der Waals surface area contributed by atoms with Crippen LogP contribution in [-0.4, -0.2) is 36.5 Å². The normalized spacial score (nSPS) is 20.2. The number of rotatable bonds is 6. The Balaban J connectivity index is 0.00000264. The van der Waals surface area contributed by atoms with Crippen molar-refractivity contribution in [2.24, 2.45) is 5.73 Å². The van der Waals surface area contributed by atoms with Gasteiger partial charge in [0.2, 0.25) is 5.91 Å². The minimum Gasteiger partial charge on any atom is -0.353 e. The first-order valence-corrected chi connectivity index (χ1v) is 8.42. The summed E-state index contributed by atoms with van der Waals surface area (Å²) in [6, 6.07) is 10.2. The van der Waals surface area contributed by atoms with Crippen molar-refractivity contribution < 1.29 is 4.79 Å². The highest BCUT2D eigenvalue weighted by Crippen LogP contribution is 2.19. The largest absolute Gasteiger partial charge is 0.353 e. The Bertz CT molecular complexity index is 482. The number of piperidine rings is 1. The number of nitrogens with zero attached hydrogens (tertiary/aromatic N) is 1. The number of amides is 1. The van der Waals surface area contributed by atoms with Gasteiger partial charge in [0.1, 0.15) is 5.54 Å². The van der Waals surface area contributed by atoms with Gasteiger partial charge in [-0.2, -0.15) is 0 Å². The van der Waals surface area contributed by atoms with Crippen LogP contribution in [-0.2, 0) is 10.3 Å². The van der Waals surface area contributed by atoms with Gasteiger partial charge in [-0.1, -0.05) is 43.7 Å². The van der Waals surface area contributed by atoms with E-state index in [1.807, 2.05) is 30.3 Å². The SMILES string of the molecule is CCC1CCCCN1CCNC(=O)C(C)(N)c1ccccc1.Cl.Cl. The highest BCUT2D eigenvalue weighted by Gasteiger charge is 2.30. The van der Waals surface area contributed by atoms with E-state index in [1.54, 1.807) is 6.92 Å². The number of hydrogen-bond acceptors (Lipinski definition) is 3. The van der Waals surface area contributed by atoms with Crippen molar-refractivity contribution in [3.63, 3.8) is 0 Å². The minimum atomic E-state index is -0.979. The molecule has 1 aromatic carbocycles. The summed E-state index contributed by atoms with van der Waals surface area (Å²) in [6.07, 6.45) is 5.06. The van der Waals surface area contributed by atoms with Crippen LogP contribution < -0.4 is 11.1 Å². The molecule has 0 spiro atoms. The average molecular weight is 376 g/mol. The molecule has 1 fully saturated rings. The third kappa shape index (κ3) is 5.92. The number of carbonyl (C=O) groups is 1. The third-order valence-corrected chi connectivity index (χ3v) is 4.75. The molecule has 2 atom stereocenters. The van der Waals surface area contributed by atoms with Crippen molar-refractivity contribution >= 4 is 30.7 Å². The van der Waals surface area contributed by atoms with E-state index in [-0.39, 0.29) is 30.7 Å². The summed E-state index contributed by atoms with van der Waals surface area (Å²) in [7, 11) is 0. The Morgan fingerprint density at radius 3 is 2.58 bits per heavy atom. The molecule has 1 aliphatic heterocycles. The van der Waals surface area contributed by atoms with Crippen LogP contribution >= 0.6 is 24.8 Å². The van der Waals surface area contributed by atoms with E-state index in [0.29, 0.717) is 12.6 Å². The third-order valence-electron chi connectivity index (χ3n) is 4.75. The van der Waals surface area contributed by atoms with Crippen LogP contribution in [0.15, 0.2) is 30.3 Å². The fourth-order valence-corrected chi connectivity index (χ4v) is 3.23. The molecule has 0 saturated carbocycles. The first kappa shape index (κ1) is 23.2. The number of likely N-dealkylation sites (tertiary alicyclic amines) is 1. The number of nitrogens with two attached hydrogens (primary N) is 1. The van der Waals surface area contributed by atoms with Gasteiger partial charge in [-0.25, -0.2) is 0 Å². The molecule has 1 amide bonds. The maximum Gasteiger partial charge on any atom is 0.244 e. The lowest BCUT2D eigenvalue weighted by Crippen LogP contribution is -2.51. The lowest BCUT2D eigenvalue weighted by molar-refractivity contribution is -0.126. The van der Waals surface area contributed by atoms with E-state index >= 15 is 0 Å². The van der Waals surface area contributed by atoms with Gasteiger partial charge in [0.15, 0.2) is 0 Å².